The molecule has 2 unspecified atom stereocenters. The molecular formula is C29H41N9O4. The maximum absolute atomic E-state index is 13.7. The van der Waals surface area contributed by atoms with Crippen molar-refractivity contribution in [3.8, 4) is 0 Å². The summed E-state index contributed by atoms with van der Waals surface area (Å²) >= 11 is 0. The van der Waals surface area contributed by atoms with Crippen LogP contribution in [0, 0.1) is 16.7 Å². The summed E-state index contributed by atoms with van der Waals surface area (Å²) in [6, 6.07) is 13.2. The predicted octanol–water partition coefficient (Wildman–Crippen LogP) is 0.323. The van der Waals surface area contributed by atoms with Gasteiger partial charge in [-0.2, -0.15) is 0 Å². The van der Waals surface area contributed by atoms with Gasteiger partial charge in [0, 0.05) is 17.8 Å². The van der Waals surface area contributed by atoms with E-state index in [0.717, 1.165) is 0 Å². The summed E-state index contributed by atoms with van der Waals surface area (Å²) in [5.41, 5.74) is 22.6. The minimum absolute atomic E-state index is 0.00979. The smallest absolute Gasteiger partial charge is 0.243 e. The summed E-state index contributed by atoms with van der Waals surface area (Å²) in [5.74, 6) is -4.06. The first kappa shape index (κ1) is 33.3. The molecule has 0 aliphatic carbocycles. The average Bonchev–Trinajstić information content (AvgIpc) is 2.91. The van der Waals surface area contributed by atoms with Gasteiger partial charge in [-0.05, 0) is 42.4 Å². The van der Waals surface area contributed by atoms with Crippen LogP contribution < -0.4 is 38.9 Å². The second kappa shape index (κ2) is 15.2. The van der Waals surface area contributed by atoms with E-state index in [2.05, 4.69) is 20.9 Å². The van der Waals surface area contributed by atoms with Gasteiger partial charge in [0.25, 0.3) is 0 Å². The number of carbonyl (C=O) groups is 4. The van der Waals surface area contributed by atoms with E-state index in [0.29, 0.717) is 23.2 Å². The van der Waals surface area contributed by atoms with Crippen LogP contribution in [0.25, 0.3) is 0 Å². The molecule has 42 heavy (non-hydrogen) atoms. The Kier molecular flexibility index (Phi) is 12.0. The maximum Gasteiger partial charge on any atom is 0.243 e. The van der Waals surface area contributed by atoms with Gasteiger partial charge in [0.2, 0.25) is 23.6 Å². The highest BCUT2D eigenvalue weighted by molar-refractivity contribution is 6.07. The highest BCUT2D eigenvalue weighted by Gasteiger charge is 2.37. The third kappa shape index (κ3) is 10.6. The van der Waals surface area contributed by atoms with Crippen LogP contribution in [0.5, 0.6) is 0 Å². The predicted molar refractivity (Wildman–Crippen MR) is 162 cm³/mol. The number of nitrogen functional groups attached to an aromatic ring is 1. The SMILES string of the molecule is CC(C)(C)C(NC(=O)C(Cc1ccc(C(=N)N)cc1)C(=O)Nc1ccccc1)C(=O)N[C@@H](CCCN=C(N)N)C(N)=O. The third-order valence-corrected chi connectivity index (χ3v) is 6.40. The van der Waals surface area contributed by atoms with Crippen LogP contribution in [0.2, 0.25) is 0 Å². The number of nitrogens with two attached hydrogens (primary N) is 4. The van der Waals surface area contributed by atoms with E-state index < -0.39 is 47.0 Å². The number of carbonyl (C=O) groups excluding carboxylic acids is 4. The number of guanidine groups is 1. The molecule has 12 N–H and O–H groups in total. The van der Waals surface area contributed by atoms with Gasteiger partial charge in [-0.1, -0.05) is 63.2 Å². The van der Waals surface area contributed by atoms with Crippen LogP contribution in [0.4, 0.5) is 5.69 Å². The normalized spacial score (nSPS) is 13.1. The van der Waals surface area contributed by atoms with Gasteiger partial charge in [0.15, 0.2) is 5.96 Å². The number of hydrogen-bond donors (Lipinski definition) is 8. The summed E-state index contributed by atoms with van der Waals surface area (Å²) in [7, 11) is 0. The molecule has 2 aromatic rings. The zero-order valence-electron chi connectivity index (χ0n) is 24.1. The Labute approximate surface area is 245 Å². The molecule has 0 aliphatic rings. The van der Waals surface area contributed by atoms with Crippen molar-refractivity contribution in [2.45, 2.75) is 52.1 Å². The van der Waals surface area contributed by atoms with E-state index in [9.17, 15) is 19.2 Å². The minimum atomic E-state index is -1.22. The van der Waals surface area contributed by atoms with Crippen LogP contribution in [0.1, 0.15) is 44.7 Å². The number of amides is 4. The Morgan fingerprint density at radius 3 is 2.00 bits per heavy atom. The Balaban J connectivity index is 2.29. The lowest BCUT2D eigenvalue weighted by atomic mass is 9.85. The fourth-order valence-electron chi connectivity index (χ4n) is 4.07. The standard InChI is InChI=1S/C29H41N9O4/c1-29(2,3)22(27(42)37-21(24(32)39)10-7-15-35-28(33)34)38-26(41)20(25(40)36-19-8-5-4-6-9-19)16-17-11-13-18(14-12-17)23(30)31/h4-6,8-9,11-14,20-22H,7,10,15-16H2,1-3H3,(H3,30,31)(H2,32,39)(H,36,40)(H,37,42)(H,38,41)(H4,33,34,35)/t20?,21-,22?/m0/s1. The van der Waals surface area contributed by atoms with Crippen molar-refractivity contribution in [2.24, 2.45) is 39.3 Å². The molecule has 0 radical (unpaired) electrons. The molecule has 0 aliphatic heterocycles. The molecule has 0 saturated heterocycles. The maximum atomic E-state index is 13.7. The van der Waals surface area contributed by atoms with E-state index in [1.54, 1.807) is 75.4 Å². The van der Waals surface area contributed by atoms with Crippen molar-refractivity contribution >= 4 is 41.1 Å². The molecule has 0 bridgehead atoms. The molecule has 0 heterocycles. The molecule has 3 atom stereocenters. The van der Waals surface area contributed by atoms with Crippen molar-refractivity contribution in [2.75, 3.05) is 11.9 Å². The van der Waals surface area contributed by atoms with E-state index in [1.165, 1.54) is 0 Å². The van der Waals surface area contributed by atoms with Gasteiger partial charge in [0.1, 0.15) is 23.8 Å². The van der Waals surface area contributed by atoms with Gasteiger partial charge < -0.3 is 38.9 Å². The first-order valence-electron chi connectivity index (χ1n) is 13.4. The number of aliphatic imine (C=N–C) groups is 1. The summed E-state index contributed by atoms with van der Waals surface area (Å²) < 4.78 is 0. The van der Waals surface area contributed by atoms with Gasteiger partial charge in [0.05, 0.1) is 0 Å². The summed E-state index contributed by atoms with van der Waals surface area (Å²) in [6.45, 7) is 5.48. The number of rotatable bonds is 14. The fraction of sp³-hybridized carbons (Fsp3) is 0.379. The lowest BCUT2D eigenvalue weighted by molar-refractivity contribution is -0.138. The molecule has 2 aromatic carbocycles. The van der Waals surface area contributed by atoms with Crippen LogP contribution in [-0.2, 0) is 25.6 Å². The number of hydrogen-bond acceptors (Lipinski definition) is 6. The van der Waals surface area contributed by atoms with Crippen LogP contribution in [0.3, 0.4) is 0 Å². The summed E-state index contributed by atoms with van der Waals surface area (Å²) in [6.07, 6.45) is 0.569. The zero-order valence-corrected chi connectivity index (χ0v) is 24.1. The molecule has 13 nitrogen and oxygen atoms in total. The Morgan fingerprint density at radius 1 is 0.857 bits per heavy atom. The number of nitrogens with one attached hydrogen (secondary N) is 4. The van der Waals surface area contributed by atoms with Gasteiger partial charge in [-0.15, -0.1) is 0 Å². The van der Waals surface area contributed by atoms with Gasteiger partial charge >= 0.3 is 0 Å². The topological polar surface area (TPSA) is 245 Å². The Bertz CT molecular complexity index is 1280. The minimum Gasteiger partial charge on any atom is -0.384 e. The molecule has 13 heteroatoms. The van der Waals surface area contributed by atoms with Crippen molar-refractivity contribution < 1.29 is 19.2 Å². The number of anilines is 1. The molecule has 226 valence electrons. The molecule has 0 aromatic heterocycles. The highest BCUT2D eigenvalue weighted by atomic mass is 16.2. The molecular weight excluding hydrogens is 538 g/mol. The third-order valence-electron chi connectivity index (χ3n) is 6.40. The van der Waals surface area contributed by atoms with Gasteiger partial charge in [-0.3, -0.25) is 29.6 Å². The number of nitrogens with zero attached hydrogens (tertiary/aromatic N) is 1. The zero-order chi connectivity index (χ0) is 31.4. The molecule has 2 rings (SSSR count). The molecule has 4 amide bonds. The molecule has 0 fully saturated rings. The second-order valence-electron chi connectivity index (χ2n) is 10.9. The molecule has 0 saturated carbocycles. The van der Waals surface area contributed by atoms with Crippen molar-refractivity contribution in [1.29, 1.82) is 5.41 Å². The second-order valence-corrected chi connectivity index (χ2v) is 10.9. The number of benzene rings is 2. The Morgan fingerprint density at radius 2 is 1.48 bits per heavy atom. The lowest BCUT2D eigenvalue weighted by Gasteiger charge is -2.32. The van der Waals surface area contributed by atoms with Gasteiger partial charge in [-0.25, -0.2) is 0 Å². The first-order valence-corrected chi connectivity index (χ1v) is 13.4. The van der Waals surface area contributed by atoms with E-state index in [4.69, 9.17) is 28.3 Å². The monoisotopic (exact) mass is 579 g/mol. The van der Waals surface area contributed by atoms with Crippen LogP contribution in [0.15, 0.2) is 59.6 Å². The van der Waals surface area contributed by atoms with Crippen molar-refractivity contribution in [3.05, 3.63) is 65.7 Å². The van der Waals surface area contributed by atoms with Crippen LogP contribution in [-0.4, -0.2) is 54.1 Å². The van der Waals surface area contributed by atoms with Crippen molar-refractivity contribution in [3.63, 3.8) is 0 Å². The lowest BCUT2D eigenvalue weighted by Crippen LogP contribution is -2.58. The first-order chi connectivity index (χ1) is 19.7. The average molecular weight is 580 g/mol. The largest absolute Gasteiger partial charge is 0.384 e. The van der Waals surface area contributed by atoms with Crippen LogP contribution >= 0.6 is 0 Å². The summed E-state index contributed by atoms with van der Waals surface area (Å²) in [4.78, 5) is 56.4. The van der Waals surface area contributed by atoms with E-state index in [1.807, 2.05) is 0 Å². The van der Waals surface area contributed by atoms with E-state index in [-0.39, 0.29) is 31.2 Å². The number of primary amides is 1. The Hall–Kier alpha value is -4.94. The quantitative estimate of drug-likeness (QED) is 0.0673. The summed E-state index contributed by atoms with van der Waals surface area (Å²) in [5, 5.41) is 15.7. The molecule has 0 spiro atoms. The fourth-order valence-corrected chi connectivity index (χ4v) is 4.07. The van der Waals surface area contributed by atoms with Crippen molar-refractivity contribution in [1.82, 2.24) is 10.6 Å². The highest BCUT2D eigenvalue weighted by Crippen LogP contribution is 2.22. The number of para-hydroxylation sites is 1. The number of amidine groups is 1. The van der Waals surface area contributed by atoms with E-state index >= 15 is 0 Å².